The predicted octanol–water partition coefficient (Wildman–Crippen LogP) is 5.35. The van der Waals surface area contributed by atoms with Crippen molar-refractivity contribution in [3.05, 3.63) is 89.5 Å². The summed E-state index contributed by atoms with van der Waals surface area (Å²) in [6, 6.07) is 23.2. The molecule has 0 radical (unpaired) electrons. The van der Waals surface area contributed by atoms with Crippen LogP contribution >= 0.6 is 11.8 Å². The van der Waals surface area contributed by atoms with Gasteiger partial charge in [-0.05, 0) is 30.7 Å². The third-order valence-corrected chi connectivity index (χ3v) is 5.90. The van der Waals surface area contributed by atoms with Crippen LogP contribution in [0.15, 0.2) is 78.0 Å². The summed E-state index contributed by atoms with van der Waals surface area (Å²) in [5.74, 6) is 1.33. The minimum absolute atomic E-state index is 0.177. The van der Waals surface area contributed by atoms with Gasteiger partial charge in [-0.25, -0.2) is 0 Å². The number of nitrogens with zero attached hydrogens (tertiary/aromatic N) is 3. The molecule has 6 nitrogen and oxygen atoms in total. The van der Waals surface area contributed by atoms with Gasteiger partial charge in [0.25, 0.3) is 0 Å². The van der Waals surface area contributed by atoms with Gasteiger partial charge in [0.15, 0.2) is 11.9 Å². The molecule has 5 rings (SSSR count). The summed E-state index contributed by atoms with van der Waals surface area (Å²) in [4.78, 5) is 4.67. The quantitative estimate of drug-likeness (QED) is 0.424. The Bertz CT molecular complexity index is 1230. The summed E-state index contributed by atoms with van der Waals surface area (Å²) in [5.41, 5.74) is 5.54. The number of aromatic nitrogens is 3. The largest absolute Gasteiger partial charge is 0.508 e. The van der Waals surface area contributed by atoms with Crippen molar-refractivity contribution in [3.8, 4) is 22.9 Å². The van der Waals surface area contributed by atoms with E-state index in [-0.39, 0.29) is 5.75 Å². The highest BCUT2D eigenvalue weighted by Gasteiger charge is 2.26. The van der Waals surface area contributed by atoms with Crippen molar-refractivity contribution in [2.24, 2.45) is 0 Å². The molecule has 0 saturated carbocycles. The molecule has 1 aliphatic rings. The van der Waals surface area contributed by atoms with Crippen molar-refractivity contribution in [1.82, 2.24) is 15.2 Å². The van der Waals surface area contributed by atoms with E-state index in [1.54, 1.807) is 18.2 Å². The van der Waals surface area contributed by atoms with Crippen LogP contribution in [0, 0.1) is 6.92 Å². The summed E-state index contributed by atoms with van der Waals surface area (Å²) < 4.78 is 6.24. The van der Waals surface area contributed by atoms with Gasteiger partial charge in [-0.1, -0.05) is 71.9 Å². The van der Waals surface area contributed by atoms with Crippen LogP contribution in [-0.4, -0.2) is 20.3 Å². The van der Waals surface area contributed by atoms with E-state index in [0.717, 1.165) is 22.6 Å². The predicted molar refractivity (Wildman–Crippen MR) is 121 cm³/mol. The topological polar surface area (TPSA) is 80.2 Å². The molecule has 0 spiro atoms. The van der Waals surface area contributed by atoms with E-state index in [1.165, 1.54) is 22.9 Å². The van der Waals surface area contributed by atoms with Crippen LogP contribution in [0.3, 0.4) is 0 Å². The van der Waals surface area contributed by atoms with E-state index >= 15 is 0 Å². The average molecular weight is 429 g/mol. The summed E-state index contributed by atoms with van der Waals surface area (Å²) in [6.07, 6.45) is -0.527. The Morgan fingerprint density at radius 2 is 1.84 bits per heavy atom. The first-order valence-electron chi connectivity index (χ1n) is 9.90. The van der Waals surface area contributed by atoms with Crippen LogP contribution in [0.2, 0.25) is 0 Å². The van der Waals surface area contributed by atoms with Crippen LogP contribution in [0.1, 0.15) is 22.9 Å². The second-order valence-corrected chi connectivity index (χ2v) is 8.25. The molecule has 0 fully saturated rings. The average Bonchev–Trinajstić information content (AvgIpc) is 2.95. The lowest BCUT2D eigenvalue weighted by atomic mass is 10.1. The highest BCUT2D eigenvalue weighted by Crippen LogP contribution is 2.39. The molecule has 0 unspecified atom stereocenters. The lowest BCUT2D eigenvalue weighted by Gasteiger charge is -2.19. The Balaban J connectivity index is 1.48. The number of aryl methyl sites for hydroxylation is 1. The minimum atomic E-state index is -0.527. The van der Waals surface area contributed by atoms with E-state index in [0.29, 0.717) is 16.7 Å². The smallest absolute Gasteiger partial charge is 0.247 e. The van der Waals surface area contributed by atoms with E-state index < -0.39 is 6.23 Å². The number of thioether (sulfide) groups is 1. The zero-order valence-corrected chi connectivity index (χ0v) is 17.6. The normalized spacial score (nSPS) is 14.5. The SMILES string of the molecule is Cc1ccc(CSc2nnc3c(n2)O[C@H](c2cccc(O)c2)Nc2ccccc2-3)cc1. The summed E-state index contributed by atoms with van der Waals surface area (Å²) in [6.45, 7) is 2.07. The van der Waals surface area contributed by atoms with Gasteiger partial charge in [0.1, 0.15) is 5.75 Å². The minimum Gasteiger partial charge on any atom is -0.508 e. The van der Waals surface area contributed by atoms with Gasteiger partial charge in [0, 0.05) is 22.6 Å². The van der Waals surface area contributed by atoms with Gasteiger partial charge in [0.2, 0.25) is 11.0 Å². The van der Waals surface area contributed by atoms with E-state index in [1.807, 2.05) is 30.3 Å². The summed E-state index contributed by atoms with van der Waals surface area (Å²) in [5, 5.41) is 22.6. The molecular weight excluding hydrogens is 408 g/mol. The number of ether oxygens (including phenoxy) is 1. The van der Waals surface area contributed by atoms with Crippen LogP contribution in [0.4, 0.5) is 5.69 Å². The second kappa shape index (κ2) is 8.28. The Hall–Kier alpha value is -3.58. The Labute approximate surface area is 184 Å². The van der Waals surface area contributed by atoms with Crippen LogP contribution in [0.25, 0.3) is 11.3 Å². The third kappa shape index (κ3) is 4.18. The standard InChI is InChI=1S/C24H20N4O2S/c1-15-9-11-16(12-10-15)14-31-24-26-23-21(27-28-24)19-7-2-3-8-20(19)25-22(30-23)17-5-4-6-18(29)13-17/h2-13,22,25,29H,14H2,1H3/t22-/m1/s1. The molecule has 2 heterocycles. The molecule has 4 aromatic rings. The molecule has 0 saturated heterocycles. The number of rotatable bonds is 4. The summed E-state index contributed by atoms with van der Waals surface area (Å²) in [7, 11) is 0. The maximum Gasteiger partial charge on any atom is 0.247 e. The molecule has 0 bridgehead atoms. The molecule has 0 amide bonds. The van der Waals surface area contributed by atoms with Gasteiger partial charge in [-0.3, -0.25) is 0 Å². The van der Waals surface area contributed by atoms with E-state index in [2.05, 4.69) is 51.7 Å². The zero-order chi connectivity index (χ0) is 21.2. The Morgan fingerprint density at radius 3 is 2.68 bits per heavy atom. The monoisotopic (exact) mass is 428 g/mol. The number of phenols is 1. The fourth-order valence-corrected chi connectivity index (χ4v) is 4.11. The fraction of sp³-hybridized carbons (Fsp3) is 0.125. The van der Waals surface area contributed by atoms with Gasteiger partial charge < -0.3 is 15.2 Å². The van der Waals surface area contributed by atoms with Gasteiger partial charge in [-0.15, -0.1) is 10.2 Å². The first kappa shape index (κ1) is 19.4. The van der Waals surface area contributed by atoms with Crippen LogP contribution in [0.5, 0.6) is 11.6 Å². The van der Waals surface area contributed by atoms with Crippen LogP contribution in [-0.2, 0) is 5.75 Å². The first-order chi connectivity index (χ1) is 15.2. The van der Waals surface area contributed by atoms with Gasteiger partial charge >= 0.3 is 0 Å². The number of anilines is 1. The van der Waals surface area contributed by atoms with Crippen molar-refractivity contribution in [2.75, 3.05) is 5.32 Å². The number of hydrogen-bond acceptors (Lipinski definition) is 7. The number of hydrogen-bond donors (Lipinski definition) is 2. The van der Waals surface area contributed by atoms with Gasteiger partial charge in [0.05, 0.1) is 0 Å². The number of benzene rings is 3. The number of fused-ring (bicyclic) bond motifs is 3. The summed E-state index contributed by atoms with van der Waals surface area (Å²) >= 11 is 1.51. The maximum atomic E-state index is 9.92. The molecule has 154 valence electrons. The van der Waals surface area contributed by atoms with Crippen molar-refractivity contribution >= 4 is 17.4 Å². The van der Waals surface area contributed by atoms with Crippen LogP contribution < -0.4 is 10.1 Å². The Kier molecular flexibility index (Phi) is 5.18. The molecule has 0 aliphatic carbocycles. The number of nitrogens with one attached hydrogen (secondary N) is 1. The van der Waals surface area contributed by atoms with Gasteiger partial charge in [-0.2, -0.15) is 4.98 Å². The molecule has 1 atom stereocenters. The highest BCUT2D eigenvalue weighted by atomic mass is 32.2. The molecule has 31 heavy (non-hydrogen) atoms. The van der Waals surface area contributed by atoms with Crippen molar-refractivity contribution in [2.45, 2.75) is 24.1 Å². The molecule has 7 heteroatoms. The fourth-order valence-electron chi connectivity index (χ4n) is 3.38. The molecule has 3 aromatic carbocycles. The Morgan fingerprint density at radius 1 is 1.00 bits per heavy atom. The van der Waals surface area contributed by atoms with E-state index in [4.69, 9.17) is 4.74 Å². The molecule has 1 aromatic heterocycles. The van der Waals surface area contributed by atoms with Crippen molar-refractivity contribution < 1.29 is 9.84 Å². The second-order valence-electron chi connectivity index (χ2n) is 7.31. The lowest BCUT2D eigenvalue weighted by Crippen LogP contribution is -2.17. The molecule has 2 N–H and O–H groups in total. The van der Waals surface area contributed by atoms with Crippen molar-refractivity contribution in [1.29, 1.82) is 0 Å². The number of phenolic OH excluding ortho intramolecular Hbond substituents is 1. The zero-order valence-electron chi connectivity index (χ0n) is 16.8. The molecule has 1 aliphatic heterocycles. The third-order valence-electron chi connectivity index (χ3n) is 5.00. The number of aromatic hydroxyl groups is 1. The lowest BCUT2D eigenvalue weighted by molar-refractivity contribution is 0.225. The molecular formula is C24H20N4O2S. The maximum absolute atomic E-state index is 9.92. The first-order valence-corrected chi connectivity index (χ1v) is 10.9. The highest BCUT2D eigenvalue weighted by molar-refractivity contribution is 7.98. The van der Waals surface area contributed by atoms with Crippen molar-refractivity contribution in [3.63, 3.8) is 0 Å². The van der Waals surface area contributed by atoms with E-state index in [9.17, 15) is 5.11 Å². The number of para-hydroxylation sites is 1.